The maximum Gasteiger partial charge on any atom is 0.00105 e. The number of nitrogens with two attached hydrogens (primary N) is 1. The first kappa shape index (κ1) is 11.3. The number of benzene rings is 1. The molecule has 0 saturated heterocycles. The Bertz CT molecular complexity index is 289. The highest BCUT2D eigenvalue weighted by atomic mass is 14.6. The van der Waals surface area contributed by atoms with Crippen LogP contribution in [0.2, 0.25) is 0 Å². The Kier molecular flexibility index (Phi) is 4.15. The van der Waals surface area contributed by atoms with Crippen molar-refractivity contribution in [2.24, 2.45) is 5.73 Å². The van der Waals surface area contributed by atoms with Gasteiger partial charge in [0.1, 0.15) is 0 Å². The fourth-order valence-corrected chi connectivity index (χ4v) is 1.74. The van der Waals surface area contributed by atoms with Crippen LogP contribution in [0.25, 0.3) is 0 Å². The van der Waals surface area contributed by atoms with Gasteiger partial charge in [0.15, 0.2) is 0 Å². The van der Waals surface area contributed by atoms with E-state index in [4.69, 9.17) is 5.73 Å². The van der Waals surface area contributed by atoms with Crippen molar-refractivity contribution in [2.75, 3.05) is 0 Å². The number of aryl methyl sites for hydroxylation is 3. The van der Waals surface area contributed by atoms with Crippen molar-refractivity contribution in [2.45, 2.75) is 46.1 Å². The van der Waals surface area contributed by atoms with Crippen LogP contribution >= 0.6 is 0 Å². The first-order chi connectivity index (χ1) is 6.59. The Morgan fingerprint density at radius 3 is 2.57 bits per heavy atom. The molecule has 0 aliphatic rings. The van der Waals surface area contributed by atoms with Gasteiger partial charge in [-0.1, -0.05) is 23.8 Å². The molecule has 0 saturated carbocycles. The summed E-state index contributed by atoms with van der Waals surface area (Å²) in [6.07, 6.45) is 3.47. The zero-order chi connectivity index (χ0) is 10.6. The van der Waals surface area contributed by atoms with Crippen LogP contribution in [0.15, 0.2) is 18.2 Å². The monoisotopic (exact) mass is 191 g/mol. The predicted octanol–water partition coefficient (Wildman–Crippen LogP) is 2.97. The number of hydrogen-bond acceptors (Lipinski definition) is 1. The quantitative estimate of drug-likeness (QED) is 0.778. The summed E-state index contributed by atoms with van der Waals surface area (Å²) in [5, 5.41) is 0. The highest BCUT2D eigenvalue weighted by molar-refractivity contribution is 5.30. The molecule has 0 spiro atoms. The van der Waals surface area contributed by atoms with Crippen molar-refractivity contribution in [1.82, 2.24) is 0 Å². The van der Waals surface area contributed by atoms with Gasteiger partial charge in [-0.25, -0.2) is 0 Å². The Labute approximate surface area is 87.3 Å². The molecular formula is C13H21N. The maximum absolute atomic E-state index is 5.72. The Balaban J connectivity index is 2.51. The smallest absolute Gasteiger partial charge is 0.00105 e. The summed E-state index contributed by atoms with van der Waals surface area (Å²) in [6.45, 7) is 6.40. The summed E-state index contributed by atoms with van der Waals surface area (Å²) in [5.74, 6) is 0. The van der Waals surface area contributed by atoms with Gasteiger partial charge in [-0.05, 0) is 51.2 Å². The van der Waals surface area contributed by atoms with Crippen LogP contribution in [0.4, 0.5) is 0 Å². The van der Waals surface area contributed by atoms with Crippen LogP contribution in [-0.4, -0.2) is 6.04 Å². The second kappa shape index (κ2) is 5.16. The molecule has 0 fully saturated rings. The summed E-state index contributed by atoms with van der Waals surface area (Å²) < 4.78 is 0. The topological polar surface area (TPSA) is 26.0 Å². The van der Waals surface area contributed by atoms with E-state index in [0.717, 1.165) is 12.8 Å². The summed E-state index contributed by atoms with van der Waals surface area (Å²) in [7, 11) is 0. The van der Waals surface area contributed by atoms with Crippen LogP contribution in [-0.2, 0) is 6.42 Å². The second-order valence-electron chi connectivity index (χ2n) is 4.30. The average Bonchev–Trinajstić information content (AvgIpc) is 2.08. The van der Waals surface area contributed by atoms with Gasteiger partial charge in [-0.15, -0.1) is 0 Å². The molecule has 0 aliphatic carbocycles. The van der Waals surface area contributed by atoms with Crippen molar-refractivity contribution < 1.29 is 0 Å². The van der Waals surface area contributed by atoms with E-state index in [0.29, 0.717) is 6.04 Å². The molecule has 1 unspecified atom stereocenters. The highest BCUT2D eigenvalue weighted by Gasteiger charge is 1.99. The van der Waals surface area contributed by atoms with E-state index in [1.807, 2.05) is 0 Å². The van der Waals surface area contributed by atoms with Crippen LogP contribution < -0.4 is 5.73 Å². The number of hydrogen-bond donors (Lipinski definition) is 1. The van der Waals surface area contributed by atoms with E-state index in [-0.39, 0.29) is 0 Å². The van der Waals surface area contributed by atoms with Gasteiger partial charge in [0.25, 0.3) is 0 Å². The van der Waals surface area contributed by atoms with Crippen molar-refractivity contribution >= 4 is 0 Å². The fourth-order valence-electron chi connectivity index (χ4n) is 1.74. The van der Waals surface area contributed by atoms with Gasteiger partial charge < -0.3 is 5.73 Å². The van der Waals surface area contributed by atoms with Crippen LogP contribution in [0.5, 0.6) is 0 Å². The van der Waals surface area contributed by atoms with Gasteiger partial charge in [0.05, 0.1) is 0 Å². The van der Waals surface area contributed by atoms with E-state index < -0.39 is 0 Å². The van der Waals surface area contributed by atoms with Crippen LogP contribution in [0, 0.1) is 13.8 Å². The molecule has 14 heavy (non-hydrogen) atoms. The van der Waals surface area contributed by atoms with Crippen molar-refractivity contribution in [3.63, 3.8) is 0 Å². The van der Waals surface area contributed by atoms with Gasteiger partial charge in [-0.3, -0.25) is 0 Å². The lowest BCUT2D eigenvalue weighted by atomic mass is 10.00. The lowest BCUT2D eigenvalue weighted by Crippen LogP contribution is -2.14. The maximum atomic E-state index is 5.72. The molecule has 2 N–H and O–H groups in total. The molecule has 0 aromatic heterocycles. The second-order valence-corrected chi connectivity index (χ2v) is 4.30. The van der Waals surface area contributed by atoms with Crippen molar-refractivity contribution in [3.05, 3.63) is 34.9 Å². The molecule has 0 aliphatic heterocycles. The zero-order valence-corrected chi connectivity index (χ0v) is 9.51. The summed E-state index contributed by atoms with van der Waals surface area (Å²) >= 11 is 0. The van der Waals surface area contributed by atoms with Gasteiger partial charge in [-0.2, -0.15) is 0 Å². The third kappa shape index (κ3) is 3.51. The summed E-state index contributed by atoms with van der Waals surface area (Å²) in [4.78, 5) is 0. The minimum atomic E-state index is 0.334. The Hall–Kier alpha value is -0.820. The normalized spacial score (nSPS) is 12.9. The molecule has 1 aromatic rings. The molecule has 78 valence electrons. The summed E-state index contributed by atoms with van der Waals surface area (Å²) in [6, 6.07) is 7.02. The summed E-state index contributed by atoms with van der Waals surface area (Å²) in [5.41, 5.74) is 9.94. The molecule has 1 nitrogen and oxygen atoms in total. The van der Waals surface area contributed by atoms with Gasteiger partial charge in [0.2, 0.25) is 0 Å². The fraction of sp³-hybridized carbons (Fsp3) is 0.538. The van der Waals surface area contributed by atoms with E-state index >= 15 is 0 Å². The minimum absolute atomic E-state index is 0.334. The molecule has 0 bridgehead atoms. The third-order valence-electron chi connectivity index (χ3n) is 2.60. The third-order valence-corrected chi connectivity index (χ3v) is 2.60. The minimum Gasteiger partial charge on any atom is -0.328 e. The lowest BCUT2D eigenvalue weighted by Gasteiger charge is -2.08. The molecule has 0 amide bonds. The van der Waals surface area contributed by atoms with E-state index in [1.54, 1.807) is 0 Å². The van der Waals surface area contributed by atoms with Crippen molar-refractivity contribution in [3.8, 4) is 0 Å². The number of rotatable bonds is 4. The first-order valence-electron chi connectivity index (χ1n) is 5.41. The first-order valence-corrected chi connectivity index (χ1v) is 5.41. The SMILES string of the molecule is Cc1ccc(CCCC(C)N)c(C)c1. The average molecular weight is 191 g/mol. The van der Waals surface area contributed by atoms with Crippen molar-refractivity contribution in [1.29, 1.82) is 0 Å². The van der Waals surface area contributed by atoms with E-state index in [1.165, 1.54) is 23.1 Å². The molecule has 0 radical (unpaired) electrons. The van der Waals surface area contributed by atoms with Gasteiger partial charge in [0, 0.05) is 6.04 Å². The Morgan fingerprint density at radius 2 is 2.00 bits per heavy atom. The van der Waals surface area contributed by atoms with E-state index in [9.17, 15) is 0 Å². The largest absolute Gasteiger partial charge is 0.328 e. The van der Waals surface area contributed by atoms with Crippen LogP contribution in [0.3, 0.4) is 0 Å². The van der Waals surface area contributed by atoms with Crippen LogP contribution in [0.1, 0.15) is 36.5 Å². The lowest BCUT2D eigenvalue weighted by molar-refractivity contribution is 0.623. The molecule has 1 rings (SSSR count). The standard InChI is InChI=1S/C13H21N/c1-10-7-8-13(11(2)9-10)6-4-5-12(3)14/h7-9,12H,4-6,14H2,1-3H3. The Morgan fingerprint density at radius 1 is 1.29 bits per heavy atom. The predicted molar refractivity (Wildman–Crippen MR) is 62.5 cm³/mol. The molecule has 1 atom stereocenters. The zero-order valence-electron chi connectivity index (χ0n) is 9.51. The highest BCUT2D eigenvalue weighted by Crippen LogP contribution is 2.13. The molecule has 1 aromatic carbocycles. The molecular weight excluding hydrogens is 170 g/mol. The van der Waals surface area contributed by atoms with E-state index in [2.05, 4.69) is 39.0 Å². The van der Waals surface area contributed by atoms with Gasteiger partial charge >= 0.3 is 0 Å². The molecule has 0 heterocycles. The molecule has 1 heteroatoms.